The Morgan fingerprint density at radius 2 is 1.62 bits per heavy atom. The molecule has 2 aromatic rings. The smallest absolute Gasteiger partial charge is 0.0454 e. The number of benzene rings is 2. The number of hydrogen-bond acceptors (Lipinski definition) is 1. The monoisotopic (exact) mass is 321 g/mol. The van der Waals surface area contributed by atoms with Crippen LogP contribution in [0.2, 0.25) is 10.0 Å². The van der Waals surface area contributed by atoms with Crippen LogP contribution in [0.25, 0.3) is 0 Å². The van der Waals surface area contributed by atoms with E-state index in [1.54, 1.807) is 0 Å². The molecule has 0 aliphatic heterocycles. The van der Waals surface area contributed by atoms with Gasteiger partial charge in [0.25, 0.3) is 0 Å². The molecule has 2 aromatic carbocycles. The van der Waals surface area contributed by atoms with Crippen LogP contribution in [0.3, 0.4) is 0 Å². The van der Waals surface area contributed by atoms with Crippen molar-refractivity contribution in [2.24, 2.45) is 0 Å². The molecule has 0 heterocycles. The topological polar surface area (TPSA) is 12.0 Å². The van der Waals surface area contributed by atoms with Gasteiger partial charge in [-0.15, -0.1) is 0 Å². The zero-order valence-electron chi connectivity index (χ0n) is 12.7. The predicted molar refractivity (Wildman–Crippen MR) is 92.2 cm³/mol. The molecule has 0 aliphatic carbocycles. The maximum atomic E-state index is 6.23. The molecule has 0 spiro atoms. The van der Waals surface area contributed by atoms with E-state index in [2.05, 4.69) is 50.4 Å². The normalized spacial score (nSPS) is 12.7. The Kier molecular flexibility index (Phi) is 5.69. The van der Waals surface area contributed by atoms with Crippen LogP contribution in [0.5, 0.6) is 0 Å². The van der Waals surface area contributed by atoms with Crippen molar-refractivity contribution < 1.29 is 0 Å². The zero-order chi connectivity index (χ0) is 15.4. The summed E-state index contributed by atoms with van der Waals surface area (Å²) in [7, 11) is 0. The minimum absolute atomic E-state index is 0.154. The van der Waals surface area contributed by atoms with E-state index >= 15 is 0 Å². The number of halogens is 2. The number of nitrogens with one attached hydrogen (secondary N) is 1. The fraction of sp³-hybridized carbons (Fsp3) is 0.333. The van der Waals surface area contributed by atoms with E-state index in [0.29, 0.717) is 10.9 Å². The molecule has 0 aliphatic rings. The molecule has 0 saturated carbocycles. The molecule has 1 unspecified atom stereocenters. The summed E-state index contributed by atoms with van der Waals surface area (Å²) >= 11 is 12.3. The van der Waals surface area contributed by atoms with Crippen LogP contribution >= 0.6 is 23.2 Å². The molecule has 3 heteroatoms. The van der Waals surface area contributed by atoms with Crippen LogP contribution in [0.1, 0.15) is 49.4 Å². The molecule has 0 radical (unpaired) electrons. The molecule has 21 heavy (non-hydrogen) atoms. The summed E-state index contributed by atoms with van der Waals surface area (Å²) in [4.78, 5) is 0. The molecule has 1 atom stereocenters. The molecule has 112 valence electrons. The van der Waals surface area contributed by atoms with Gasteiger partial charge in [0.15, 0.2) is 0 Å². The van der Waals surface area contributed by atoms with Crippen molar-refractivity contribution in [3.63, 3.8) is 0 Å². The first-order chi connectivity index (χ1) is 9.97. The Bertz CT molecular complexity index is 591. The van der Waals surface area contributed by atoms with Gasteiger partial charge in [0.05, 0.1) is 0 Å². The van der Waals surface area contributed by atoms with E-state index in [-0.39, 0.29) is 6.04 Å². The number of hydrogen-bond donors (Lipinski definition) is 1. The largest absolute Gasteiger partial charge is 0.306 e. The van der Waals surface area contributed by atoms with Crippen LogP contribution in [0, 0.1) is 0 Å². The molecule has 1 nitrogen and oxygen atoms in total. The van der Waals surface area contributed by atoms with Gasteiger partial charge in [-0.25, -0.2) is 0 Å². The summed E-state index contributed by atoms with van der Waals surface area (Å²) in [6.07, 6.45) is 0. The third-order valence-electron chi connectivity index (χ3n) is 3.68. The van der Waals surface area contributed by atoms with Gasteiger partial charge in [-0.1, -0.05) is 61.3 Å². The van der Waals surface area contributed by atoms with Crippen molar-refractivity contribution in [2.45, 2.75) is 39.3 Å². The van der Waals surface area contributed by atoms with Crippen molar-refractivity contribution in [1.82, 2.24) is 5.32 Å². The summed E-state index contributed by atoms with van der Waals surface area (Å²) in [6.45, 7) is 7.31. The Hall–Kier alpha value is -1.02. The second-order valence-electron chi connectivity index (χ2n) is 5.66. The van der Waals surface area contributed by atoms with E-state index in [9.17, 15) is 0 Å². The summed E-state index contributed by atoms with van der Waals surface area (Å²) in [5.41, 5.74) is 3.66. The Morgan fingerprint density at radius 3 is 2.24 bits per heavy atom. The first-order valence-electron chi connectivity index (χ1n) is 7.24. The minimum atomic E-state index is 0.154. The summed E-state index contributed by atoms with van der Waals surface area (Å²) in [6, 6.07) is 14.5. The van der Waals surface area contributed by atoms with E-state index < -0.39 is 0 Å². The average molecular weight is 322 g/mol. The van der Waals surface area contributed by atoms with Gasteiger partial charge < -0.3 is 5.32 Å². The van der Waals surface area contributed by atoms with Gasteiger partial charge in [0, 0.05) is 22.6 Å². The molecule has 0 amide bonds. The lowest BCUT2D eigenvalue weighted by Gasteiger charge is -2.16. The molecule has 0 saturated heterocycles. The first-order valence-corrected chi connectivity index (χ1v) is 8.00. The lowest BCUT2D eigenvalue weighted by Crippen LogP contribution is -2.18. The maximum Gasteiger partial charge on any atom is 0.0454 e. The highest BCUT2D eigenvalue weighted by molar-refractivity contribution is 6.33. The van der Waals surface area contributed by atoms with Crippen LogP contribution in [-0.2, 0) is 6.54 Å². The highest BCUT2D eigenvalue weighted by Gasteiger charge is 2.10. The molecular formula is C18H21Cl2N. The van der Waals surface area contributed by atoms with Gasteiger partial charge in [-0.2, -0.15) is 0 Å². The quantitative estimate of drug-likeness (QED) is 0.715. The van der Waals surface area contributed by atoms with Gasteiger partial charge in [0.2, 0.25) is 0 Å². The van der Waals surface area contributed by atoms with Gasteiger partial charge >= 0.3 is 0 Å². The fourth-order valence-corrected chi connectivity index (χ4v) is 2.71. The second kappa shape index (κ2) is 7.31. The molecular weight excluding hydrogens is 301 g/mol. The predicted octanol–water partition coefficient (Wildman–Crippen LogP) is 5.97. The SMILES string of the molecule is CC(C)c1ccc(CNC(C)c2cc(Cl)ccc2Cl)cc1. The van der Waals surface area contributed by atoms with Crippen LogP contribution < -0.4 is 5.32 Å². The lowest BCUT2D eigenvalue weighted by atomic mass is 10.0. The van der Waals surface area contributed by atoms with Crippen LogP contribution in [0.4, 0.5) is 0 Å². The van der Waals surface area contributed by atoms with Crippen molar-refractivity contribution in [3.05, 3.63) is 69.2 Å². The first kappa shape index (κ1) is 16.4. The fourth-order valence-electron chi connectivity index (χ4n) is 2.25. The third kappa shape index (κ3) is 4.47. The molecule has 0 aromatic heterocycles. The van der Waals surface area contributed by atoms with Crippen molar-refractivity contribution >= 4 is 23.2 Å². The Morgan fingerprint density at radius 1 is 0.952 bits per heavy atom. The maximum absolute atomic E-state index is 6.23. The van der Waals surface area contributed by atoms with Gasteiger partial charge in [-0.3, -0.25) is 0 Å². The zero-order valence-corrected chi connectivity index (χ0v) is 14.2. The second-order valence-corrected chi connectivity index (χ2v) is 6.51. The lowest BCUT2D eigenvalue weighted by molar-refractivity contribution is 0.575. The average Bonchev–Trinajstić information content (AvgIpc) is 2.47. The minimum Gasteiger partial charge on any atom is -0.306 e. The van der Waals surface area contributed by atoms with Crippen molar-refractivity contribution in [1.29, 1.82) is 0 Å². The molecule has 0 fully saturated rings. The highest BCUT2D eigenvalue weighted by atomic mass is 35.5. The van der Waals surface area contributed by atoms with Crippen LogP contribution in [0.15, 0.2) is 42.5 Å². The van der Waals surface area contributed by atoms with Gasteiger partial charge in [0.1, 0.15) is 0 Å². The third-order valence-corrected chi connectivity index (χ3v) is 4.26. The summed E-state index contributed by atoms with van der Waals surface area (Å²) in [5, 5.41) is 4.95. The highest BCUT2D eigenvalue weighted by Crippen LogP contribution is 2.26. The summed E-state index contributed by atoms with van der Waals surface area (Å²) < 4.78 is 0. The van der Waals surface area contributed by atoms with E-state index in [4.69, 9.17) is 23.2 Å². The van der Waals surface area contributed by atoms with Crippen LogP contribution in [-0.4, -0.2) is 0 Å². The standard InChI is InChI=1S/C18H21Cl2N/c1-12(2)15-6-4-14(5-7-15)11-21-13(3)17-10-16(19)8-9-18(17)20/h4-10,12-13,21H,11H2,1-3H3. The summed E-state index contributed by atoms with van der Waals surface area (Å²) in [5.74, 6) is 0.566. The van der Waals surface area contributed by atoms with Crippen molar-refractivity contribution in [3.8, 4) is 0 Å². The Labute approximate surface area is 137 Å². The van der Waals surface area contributed by atoms with E-state index in [0.717, 1.165) is 17.1 Å². The number of rotatable bonds is 5. The van der Waals surface area contributed by atoms with Gasteiger partial charge in [-0.05, 0) is 47.7 Å². The van der Waals surface area contributed by atoms with E-state index in [1.807, 2.05) is 18.2 Å². The van der Waals surface area contributed by atoms with E-state index in [1.165, 1.54) is 11.1 Å². The molecule has 1 N–H and O–H groups in total. The van der Waals surface area contributed by atoms with Crippen molar-refractivity contribution in [2.75, 3.05) is 0 Å². The molecule has 2 rings (SSSR count). The molecule has 0 bridgehead atoms. The Balaban J connectivity index is 2.00.